The van der Waals surface area contributed by atoms with Gasteiger partial charge in [0, 0.05) is 0 Å². The first-order valence-electron chi connectivity index (χ1n) is 8.99. The largest absolute Gasteiger partial charge is 0.276 e. The van der Waals surface area contributed by atoms with Crippen molar-refractivity contribution in [3.8, 4) is 0 Å². The fourth-order valence-electron chi connectivity index (χ4n) is 3.38. The van der Waals surface area contributed by atoms with Crippen LogP contribution in [0.4, 0.5) is 0 Å². The Labute approximate surface area is 158 Å². The second-order valence-corrected chi connectivity index (χ2v) is 8.46. The number of hydrazone groups is 1. The number of hydrogen-bond acceptors (Lipinski definition) is 5. The van der Waals surface area contributed by atoms with E-state index >= 15 is 0 Å². The van der Waals surface area contributed by atoms with Gasteiger partial charge in [-0.3, -0.25) is 0 Å². The van der Waals surface area contributed by atoms with Crippen molar-refractivity contribution in [3.63, 3.8) is 0 Å². The van der Waals surface area contributed by atoms with Crippen molar-refractivity contribution in [3.05, 3.63) is 54.1 Å². The van der Waals surface area contributed by atoms with Crippen molar-refractivity contribution >= 4 is 26.8 Å². The molecule has 0 spiro atoms. The Hall–Kier alpha value is -2.74. The molecule has 7 nitrogen and oxygen atoms in total. The third kappa shape index (κ3) is 3.57. The zero-order chi connectivity index (χ0) is 18.9. The zero-order valence-electron chi connectivity index (χ0n) is 15.0. The van der Waals surface area contributed by atoms with Gasteiger partial charge in [-0.2, -0.15) is 13.5 Å². The molecule has 1 heterocycles. The SMILES string of the molecule is Cc1ccc(S(=O)(=O)N/N=C2\CCCCC2n2nnc3ccccc32)cc1. The van der Waals surface area contributed by atoms with E-state index in [4.69, 9.17) is 0 Å². The van der Waals surface area contributed by atoms with Crippen LogP contribution in [0.15, 0.2) is 58.5 Å². The van der Waals surface area contributed by atoms with Gasteiger partial charge in [0.25, 0.3) is 10.0 Å². The van der Waals surface area contributed by atoms with Crippen LogP contribution < -0.4 is 4.83 Å². The van der Waals surface area contributed by atoms with Crippen LogP contribution in [-0.4, -0.2) is 29.1 Å². The monoisotopic (exact) mass is 383 g/mol. The normalized spacial score (nSPS) is 19.4. The molecule has 1 N–H and O–H groups in total. The van der Waals surface area contributed by atoms with Gasteiger partial charge in [0.1, 0.15) is 5.52 Å². The molecular formula is C19H21N5O2S. The van der Waals surface area contributed by atoms with Gasteiger partial charge < -0.3 is 0 Å². The Morgan fingerprint density at radius 2 is 1.89 bits per heavy atom. The van der Waals surface area contributed by atoms with Crippen molar-refractivity contribution in [2.24, 2.45) is 5.10 Å². The molecule has 0 bridgehead atoms. The quantitative estimate of drug-likeness (QED) is 0.701. The lowest BCUT2D eigenvalue weighted by molar-refractivity contribution is 0.468. The predicted octanol–water partition coefficient (Wildman–Crippen LogP) is 3.19. The standard InChI is InChI=1S/C19H21N5O2S/c1-14-10-12-15(13-11-14)27(25,26)23-21-17-7-3-5-9-19(17)24-18-8-4-2-6-16(18)20-22-24/h2,4,6,8,10-13,19,23H,3,5,7,9H2,1H3/b21-17+. The van der Waals surface area contributed by atoms with Gasteiger partial charge in [-0.25, -0.2) is 9.51 Å². The Kier molecular flexibility index (Phi) is 4.65. The van der Waals surface area contributed by atoms with E-state index in [1.54, 1.807) is 24.3 Å². The summed E-state index contributed by atoms with van der Waals surface area (Å²) in [7, 11) is -3.69. The number of nitrogens with one attached hydrogen (secondary N) is 1. The number of aryl methyl sites for hydroxylation is 1. The van der Waals surface area contributed by atoms with Gasteiger partial charge in [0.15, 0.2) is 0 Å². The predicted molar refractivity (Wildman–Crippen MR) is 104 cm³/mol. The van der Waals surface area contributed by atoms with Crippen LogP contribution >= 0.6 is 0 Å². The summed E-state index contributed by atoms with van der Waals surface area (Å²) in [5, 5.41) is 12.8. The lowest BCUT2D eigenvalue weighted by atomic mass is 9.93. The van der Waals surface area contributed by atoms with Crippen LogP contribution in [0.2, 0.25) is 0 Å². The average molecular weight is 383 g/mol. The molecule has 4 rings (SSSR count). The fourth-order valence-corrected chi connectivity index (χ4v) is 4.21. The van der Waals surface area contributed by atoms with E-state index in [1.807, 2.05) is 35.9 Å². The topological polar surface area (TPSA) is 89.2 Å². The van der Waals surface area contributed by atoms with Crippen LogP contribution in [0.1, 0.15) is 37.3 Å². The smallest absolute Gasteiger partial charge is 0.236 e. The van der Waals surface area contributed by atoms with Crippen LogP contribution in [-0.2, 0) is 10.0 Å². The maximum atomic E-state index is 12.5. The van der Waals surface area contributed by atoms with Crippen molar-refractivity contribution in [1.82, 2.24) is 19.8 Å². The zero-order valence-corrected chi connectivity index (χ0v) is 15.9. The van der Waals surface area contributed by atoms with Crippen molar-refractivity contribution in [2.75, 3.05) is 0 Å². The van der Waals surface area contributed by atoms with Crippen LogP contribution in [0.25, 0.3) is 11.0 Å². The van der Waals surface area contributed by atoms with Crippen LogP contribution in [0, 0.1) is 6.92 Å². The van der Waals surface area contributed by atoms with Gasteiger partial charge in [0.2, 0.25) is 0 Å². The van der Waals surface area contributed by atoms with Crippen LogP contribution in [0.5, 0.6) is 0 Å². The molecule has 1 aliphatic carbocycles. The summed E-state index contributed by atoms with van der Waals surface area (Å²) >= 11 is 0. The molecule has 2 aromatic carbocycles. The first kappa shape index (κ1) is 17.7. The number of rotatable bonds is 4. The minimum absolute atomic E-state index is 0.0909. The Morgan fingerprint density at radius 3 is 2.70 bits per heavy atom. The Morgan fingerprint density at radius 1 is 1.11 bits per heavy atom. The summed E-state index contributed by atoms with van der Waals surface area (Å²) in [4.78, 5) is 2.61. The van der Waals surface area contributed by atoms with E-state index < -0.39 is 10.0 Å². The number of sulfonamides is 1. The maximum absolute atomic E-state index is 12.5. The lowest BCUT2D eigenvalue weighted by Crippen LogP contribution is -2.28. The molecule has 1 fully saturated rings. The van der Waals surface area contributed by atoms with Crippen LogP contribution in [0.3, 0.4) is 0 Å². The molecule has 140 valence electrons. The molecule has 0 radical (unpaired) electrons. The van der Waals surface area contributed by atoms with E-state index in [0.717, 1.165) is 48.0 Å². The highest BCUT2D eigenvalue weighted by atomic mass is 32.2. The molecule has 3 aromatic rings. The summed E-state index contributed by atoms with van der Waals surface area (Å²) in [6.45, 7) is 1.92. The highest BCUT2D eigenvalue weighted by Crippen LogP contribution is 2.28. The summed E-state index contributed by atoms with van der Waals surface area (Å²) < 4.78 is 26.9. The molecule has 0 amide bonds. The molecule has 1 atom stereocenters. The van der Waals surface area contributed by atoms with Gasteiger partial charge in [-0.15, -0.1) is 5.10 Å². The fraction of sp³-hybridized carbons (Fsp3) is 0.316. The second-order valence-electron chi connectivity index (χ2n) is 6.80. The summed E-state index contributed by atoms with van der Waals surface area (Å²) in [6.07, 6.45) is 3.62. The number of hydrogen-bond donors (Lipinski definition) is 1. The highest BCUT2D eigenvalue weighted by Gasteiger charge is 2.25. The Bertz CT molecular complexity index is 1090. The molecule has 0 saturated heterocycles. The average Bonchev–Trinajstić information content (AvgIpc) is 3.11. The molecule has 1 unspecified atom stereocenters. The van der Waals surface area contributed by atoms with Gasteiger partial charge in [-0.05, 0) is 50.5 Å². The first-order chi connectivity index (χ1) is 13.0. The third-order valence-electron chi connectivity index (χ3n) is 4.86. The molecule has 27 heavy (non-hydrogen) atoms. The number of para-hydroxylation sites is 1. The number of benzene rings is 2. The number of nitrogens with zero attached hydrogens (tertiary/aromatic N) is 4. The molecule has 8 heteroatoms. The van der Waals surface area contributed by atoms with E-state index in [-0.39, 0.29) is 10.9 Å². The van der Waals surface area contributed by atoms with E-state index in [9.17, 15) is 8.42 Å². The molecule has 1 saturated carbocycles. The summed E-state index contributed by atoms with van der Waals surface area (Å²) in [6, 6.07) is 14.4. The molecule has 1 aliphatic rings. The van der Waals surface area contributed by atoms with E-state index in [0.29, 0.717) is 0 Å². The second kappa shape index (κ2) is 7.11. The van der Waals surface area contributed by atoms with Crippen molar-refractivity contribution in [1.29, 1.82) is 0 Å². The van der Waals surface area contributed by atoms with Crippen molar-refractivity contribution in [2.45, 2.75) is 43.5 Å². The number of fused-ring (bicyclic) bond motifs is 1. The van der Waals surface area contributed by atoms with Gasteiger partial charge in [-0.1, -0.05) is 41.5 Å². The minimum Gasteiger partial charge on any atom is -0.236 e. The molecule has 0 aliphatic heterocycles. The lowest BCUT2D eigenvalue weighted by Gasteiger charge is -2.24. The summed E-state index contributed by atoms with van der Waals surface area (Å²) in [5.74, 6) is 0. The van der Waals surface area contributed by atoms with E-state index in [1.165, 1.54) is 0 Å². The van der Waals surface area contributed by atoms with Gasteiger partial charge >= 0.3 is 0 Å². The van der Waals surface area contributed by atoms with Crippen molar-refractivity contribution < 1.29 is 8.42 Å². The van der Waals surface area contributed by atoms with Gasteiger partial charge in [0.05, 0.1) is 22.2 Å². The highest BCUT2D eigenvalue weighted by molar-refractivity contribution is 7.89. The maximum Gasteiger partial charge on any atom is 0.276 e. The molecule has 1 aromatic heterocycles. The third-order valence-corrected chi connectivity index (χ3v) is 6.08. The first-order valence-corrected chi connectivity index (χ1v) is 10.5. The number of aromatic nitrogens is 3. The summed E-state index contributed by atoms with van der Waals surface area (Å²) in [5.41, 5.74) is 3.54. The van der Waals surface area contributed by atoms with E-state index in [2.05, 4.69) is 20.2 Å². The Balaban J connectivity index is 1.63. The minimum atomic E-state index is -3.69. The molecular weight excluding hydrogens is 362 g/mol.